The molecule has 0 bridgehead atoms. The van der Waals surface area contributed by atoms with Crippen LogP contribution in [0, 0.1) is 0 Å². The minimum atomic E-state index is 0.675. The number of hydrogen-bond donors (Lipinski definition) is 1. The van der Waals surface area contributed by atoms with Crippen molar-refractivity contribution in [2.75, 3.05) is 13.1 Å². The molecular weight excluding hydrogens is 210 g/mol. The van der Waals surface area contributed by atoms with Crippen molar-refractivity contribution < 1.29 is 0 Å². The summed E-state index contributed by atoms with van der Waals surface area (Å²) < 4.78 is 1.97. The van der Waals surface area contributed by atoms with E-state index in [0.717, 1.165) is 18.8 Å². The smallest absolute Gasteiger partial charge is 0.0645 e. The van der Waals surface area contributed by atoms with Gasteiger partial charge in [-0.3, -0.25) is 0 Å². The maximum Gasteiger partial charge on any atom is 0.0645 e. The summed E-state index contributed by atoms with van der Waals surface area (Å²) in [5.74, 6) is 0.675. The van der Waals surface area contributed by atoms with Gasteiger partial charge in [-0.1, -0.05) is 18.2 Å². The average Bonchev–Trinajstić information content (AvgIpc) is 2.90. The molecule has 3 heteroatoms. The molecule has 17 heavy (non-hydrogen) atoms. The molecule has 1 aromatic heterocycles. The van der Waals surface area contributed by atoms with Crippen LogP contribution in [-0.4, -0.2) is 22.9 Å². The normalized spacial score (nSPS) is 17.2. The van der Waals surface area contributed by atoms with Gasteiger partial charge in [0.2, 0.25) is 0 Å². The number of hydrogen-bond acceptors (Lipinski definition) is 2. The van der Waals surface area contributed by atoms with Gasteiger partial charge in [-0.05, 0) is 49.5 Å². The Bertz CT molecular complexity index is 469. The van der Waals surface area contributed by atoms with Gasteiger partial charge in [0.1, 0.15) is 0 Å². The molecule has 0 atom stereocenters. The quantitative estimate of drug-likeness (QED) is 0.853. The molecule has 0 radical (unpaired) electrons. The average molecular weight is 227 g/mol. The zero-order chi connectivity index (χ0) is 11.5. The maximum atomic E-state index is 4.46. The van der Waals surface area contributed by atoms with Crippen molar-refractivity contribution in [2.45, 2.75) is 18.8 Å². The molecule has 1 fully saturated rings. The number of piperidine rings is 1. The summed E-state index contributed by atoms with van der Waals surface area (Å²) in [5, 5.41) is 7.85. The molecule has 0 amide bonds. The first-order valence-corrected chi connectivity index (χ1v) is 6.24. The Morgan fingerprint density at radius 3 is 2.65 bits per heavy atom. The molecule has 0 unspecified atom stereocenters. The highest BCUT2D eigenvalue weighted by molar-refractivity contribution is 5.31. The van der Waals surface area contributed by atoms with E-state index in [-0.39, 0.29) is 0 Å². The lowest BCUT2D eigenvalue weighted by Gasteiger charge is -2.21. The van der Waals surface area contributed by atoms with Crippen molar-refractivity contribution in [2.24, 2.45) is 0 Å². The number of rotatable bonds is 2. The van der Waals surface area contributed by atoms with Gasteiger partial charge in [0, 0.05) is 6.20 Å². The fourth-order valence-electron chi connectivity index (χ4n) is 2.42. The minimum absolute atomic E-state index is 0.675. The van der Waals surface area contributed by atoms with Gasteiger partial charge in [-0.25, -0.2) is 4.68 Å². The topological polar surface area (TPSA) is 29.9 Å². The van der Waals surface area contributed by atoms with Crippen LogP contribution in [-0.2, 0) is 0 Å². The Morgan fingerprint density at radius 1 is 1.12 bits per heavy atom. The fourth-order valence-corrected chi connectivity index (χ4v) is 2.42. The molecule has 1 aromatic carbocycles. The van der Waals surface area contributed by atoms with E-state index < -0.39 is 0 Å². The van der Waals surface area contributed by atoms with Crippen LogP contribution in [0.25, 0.3) is 5.69 Å². The zero-order valence-electron chi connectivity index (χ0n) is 9.84. The molecular formula is C14H17N3. The summed E-state index contributed by atoms with van der Waals surface area (Å²) in [6, 6.07) is 10.3. The maximum absolute atomic E-state index is 4.46. The van der Waals surface area contributed by atoms with Crippen molar-refractivity contribution in [3.05, 3.63) is 48.3 Å². The minimum Gasteiger partial charge on any atom is -0.317 e. The molecule has 3 nitrogen and oxygen atoms in total. The molecule has 1 aliphatic heterocycles. The molecule has 88 valence electrons. The van der Waals surface area contributed by atoms with Crippen LogP contribution in [0.1, 0.15) is 24.3 Å². The summed E-state index contributed by atoms with van der Waals surface area (Å²) in [4.78, 5) is 0. The van der Waals surface area contributed by atoms with Gasteiger partial charge in [0.15, 0.2) is 0 Å². The van der Waals surface area contributed by atoms with Crippen molar-refractivity contribution in [3.63, 3.8) is 0 Å². The lowest BCUT2D eigenvalue weighted by molar-refractivity contribution is 0.460. The van der Waals surface area contributed by atoms with Crippen molar-refractivity contribution >= 4 is 0 Å². The Morgan fingerprint density at radius 2 is 1.88 bits per heavy atom. The molecule has 0 aliphatic carbocycles. The zero-order valence-corrected chi connectivity index (χ0v) is 9.84. The lowest BCUT2D eigenvalue weighted by Crippen LogP contribution is -2.26. The van der Waals surface area contributed by atoms with Crippen LogP contribution < -0.4 is 5.32 Å². The van der Waals surface area contributed by atoms with Gasteiger partial charge >= 0.3 is 0 Å². The molecule has 2 aromatic rings. The number of para-hydroxylation sites is 1. The van der Waals surface area contributed by atoms with E-state index in [9.17, 15) is 0 Å². The standard InChI is InChI=1S/C14H17N3/c1-2-4-14(5-3-1)17-11-13(10-16-17)12-6-8-15-9-7-12/h1-5,10-12,15H,6-9H2. The van der Waals surface area contributed by atoms with Crippen molar-refractivity contribution in [1.82, 2.24) is 15.1 Å². The third-order valence-corrected chi connectivity index (χ3v) is 3.43. The second-order valence-electron chi connectivity index (χ2n) is 4.58. The van der Waals surface area contributed by atoms with E-state index >= 15 is 0 Å². The predicted molar refractivity (Wildman–Crippen MR) is 68.4 cm³/mol. The lowest BCUT2D eigenvalue weighted by atomic mass is 9.93. The van der Waals surface area contributed by atoms with Crippen LogP contribution in [0.15, 0.2) is 42.7 Å². The highest BCUT2D eigenvalue weighted by Gasteiger charge is 2.16. The number of aromatic nitrogens is 2. The molecule has 1 saturated heterocycles. The van der Waals surface area contributed by atoms with E-state index in [4.69, 9.17) is 0 Å². The first kappa shape index (κ1) is 10.5. The first-order chi connectivity index (χ1) is 8.43. The molecule has 3 rings (SSSR count). The Kier molecular flexibility index (Phi) is 2.92. The monoisotopic (exact) mass is 227 g/mol. The Hall–Kier alpha value is -1.61. The Balaban J connectivity index is 1.83. The summed E-state index contributed by atoms with van der Waals surface area (Å²) in [7, 11) is 0. The first-order valence-electron chi connectivity index (χ1n) is 6.24. The number of nitrogens with zero attached hydrogens (tertiary/aromatic N) is 2. The molecule has 2 heterocycles. The van der Waals surface area contributed by atoms with E-state index in [1.807, 2.05) is 29.1 Å². The van der Waals surface area contributed by atoms with E-state index in [1.165, 1.54) is 18.4 Å². The van der Waals surface area contributed by atoms with Gasteiger partial charge in [0.05, 0.1) is 11.9 Å². The highest BCUT2D eigenvalue weighted by atomic mass is 15.3. The van der Waals surface area contributed by atoms with Gasteiger partial charge < -0.3 is 5.32 Å². The SMILES string of the molecule is c1ccc(-n2cc(C3CCNCC3)cn2)cc1. The third kappa shape index (κ3) is 2.24. The van der Waals surface area contributed by atoms with Crippen LogP contribution in [0.2, 0.25) is 0 Å². The summed E-state index contributed by atoms with van der Waals surface area (Å²) in [6.07, 6.45) is 6.63. The van der Waals surface area contributed by atoms with Gasteiger partial charge in [0.25, 0.3) is 0 Å². The second-order valence-corrected chi connectivity index (χ2v) is 4.58. The van der Waals surface area contributed by atoms with Gasteiger partial charge in [-0.15, -0.1) is 0 Å². The van der Waals surface area contributed by atoms with Crippen LogP contribution in [0.5, 0.6) is 0 Å². The van der Waals surface area contributed by atoms with Gasteiger partial charge in [-0.2, -0.15) is 5.10 Å². The summed E-state index contributed by atoms with van der Waals surface area (Å²) >= 11 is 0. The Labute approximate surface area is 101 Å². The van der Waals surface area contributed by atoms with Crippen LogP contribution >= 0.6 is 0 Å². The highest BCUT2D eigenvalue weighted by Crippen LogP contribution is 2.25. The summed E-state index contributed by atoms with van der Waals surface area (Å²) in [6.45, 7) is 2.25. The van der Waals surface area contributed by atoms with E-state index in [2.05, 4.69) is 28.7 Å². The van der Waals surface area contributed by atoms with E-state index in [0.29, 0.717) is 5.92 Å². The molecule has 1 aliphatic rings. The molecule has 0 spiro atoms. The number of nitrogens with one attached hydrogen (secondary N) is 1. The van der Waals surface area contributed by atoms with Crippen molar-refractivity contribution in [3.8, 4) is 5.69 Å². The number of benzene rings is 1. The molecule has 0 saturated carbocycles. The fraction of sp³-hybridized carbons (Fsp3) is 0.357. The van der Waals surface area contributed by atoms with Crippen LogP contribution in [0.4, 0.5) is 0 Å². The third-order valence-electron chi connectivity index (χ3n) is 3.43. The van der Waals surface area contributed by atoms with Crippen molar-refractivity contribution in [1.29, 1.82) is 0 Å². The second kappa shape index (κ2) is 4.72. The largest absolute Gasteiger partial charge is 0.317 e. The predicted octanol–water partition coefficient (Wildman–Crippen LogP) is 2.34. The van der Waals surface area contributed by atoms with Crippen LogP contribution in [0.3, 0.4) is 0 Å². The molecule has 1 N–H and O–H groups in total. The van der Waals surface area contributed by atoms with E-state index in [1.54, 1.807) is 0 Å². The summed E-state index contributed by atoms with van der Waals surface area (Å²) in [5.41, 5.74) is 2.50.